The van der Waals surface area contributed by atoms with Crippen molar-refractivity contribution in [1.82, 2.24) is 9.97 Å². The molecular formula is C11H6N4O3. The van der Waals surface area contributed by atoms with E-state index in [1.54, 1.807) is 6.07 Å². The van der Waals surface area contributed by atoms with Crippen molar-refractivity contribution >= 4 is 5.69 Å². The van der Waals surface area contributed by atoms with E-state index in [2.05, 4.69) is 9.97 Å². The molecule has 0 saturated carbocycles. The van der Waals surface area contributed by atoms with Gasteiger partial charge in [-0.25, -0.2) is 9.97 Å². The number of benzene rings is 1. The highest BCUT2D eigenvalue weighted by atomic mass is 16.6. The molecule has 1 heterocycles. The molecule has 7 heteroatoms. The lowest BCUT2D eigenvalue weighted by Crippen LogP contribution is -1.96. The van der Waals surface area contributed by atoms with Crippen molar-refractivity contribution in [3.63, 3.8) is 0 Å². The lowest BCUT2D eigenvalue weighted by molar-refractivity contribution is -0.385. The first-order valence-corrected chi connectivity index (χ1v) is 4.84. The molecule has 0 atom stereocenters. The Morgan fingerprint density at radius 3 is 2.67 bits per heavy atom. The smallest absolute Gasteiger partial charge is 0.322 e. The van der Waals surface area contributed by atoms with E-state index >= 15 is 0 Å². The molecule has 0 saturated heterocycles. The van der Waals surface area contributed by atoms with Crippen LogP contribution in [0.2, 0.25) is 0 Å². The van der Waals surface area contributed by atoms with Gasteiger partial charge in [0.15, 0.2) is 0 Å². The number of nitrogens with zero attached hydrogens (tertiary/aromatic N) is 4. The van der Waals surface area contributed by atoms with Crippen LogP contribution >= 0.6 is 0 Å². The molecule has 0 amide bonds. The Morgan fingerprint density at radius 1 is 1.33 bits per heavy atom. The summed E-state index contributed by atoms with van der Waals surface area (Å²) in [4.78, 5) is 17.8. The molecule has 1 aromatic heterocycles. The molecule has 7 nitrogen and oxygen atoms in total. The SMILES string of the molecule is N#Cc1ccc([N+](=O)[O-])c(Oc2ncccn2)c1. The van der Waals surface area contributed by atoms with Crippen LogP contribution in [0.1, 0.15) is 5.56 Å². The second kappa shape index (κ2) is 4.88. The molecule has 0 fully saturated rings. The summed E-state index contributed by atoms with van der Waals surface area (Å²) in [5.74, 6) is -0.0646. The van der Waals surface area contributed by atoms with Crippen molar-refractivity contribution in [2.45, 2.75) is 0 Å². The molecule has 0 unspecified atom stereocenters. The van der Waals surface area contributed by atoms with E-state index < -0.39 is 4.92 Å². The Balaban J connectivity index is 2.42. The van der Waals surface area contributed by atoms with Crippen molar-refractivity contribution in [3.8, 4) is 17.8 Å². The average molecular weight is 242 g/mol. The maximum Gasteiger partial charge on any atom is 0.322 e. The van der Waals surface area contributed by atoms with Crippen molar-refractivity contribution in [3.05, 3.63) is 52.3 Å². The summed E-state index contributed by atoms with van der Waals surface area (Å²) in [7, 11) is 0. The van der Waals surface area contributed by atoms with Gasteiger partial charge in [-0.1, -0.05) is 0 Å². The van der Waals surface area contributed by atoms with Crippen LogP contribution in [0.4, 0.5) is 5.69 Å². The Hall–Kier alpha value is -3.01. The van der Waals surface area contributed by atoms with E-state index in [4.69, 9.17) is 10.00 Å². The third-order valence-corrected chi connectivity index (χ3v) is 2.03. The minimum Gasteiger partial charge on any atom is -0.417 e. The Kier molecular flexibility index (Phi) is 3.11. The van der Waals surface area contributed by atoms with E-state index in [9.17, 15) is 10.1 Å². The third kappa shape index (κ3) is 2.38. The second-order valence-electron chi connectivity index (χ2n) is 3.18. The van der Waals surface area contributed by atoms with E-state index in [1.807, 2.05) is 6.07 Å². The Morgan fingerprint density at radius 2 is 2.06 bits per heavy atom. The van der Waals surface area contributed by atoms with Gasteiger partial charge in [-0.15, -0.1) is 0 Å². The minimum absolute atomic E-state index is 0.0179. The van der Waals surface area contributed by atoms with Gasteiger partial charge in [0, 0.05) is 24.5 Å². The molecule has 0 spiro atoms. The van der Waals surface area contributed by atoms with Crippen LogP contribution in [-0.2, 0) is 0 Å². The molecule has 0 aliphatic heterocycles. The van der Waals surface area contributed by atoms with Crippen LogP contribution in [0.15, 0.2) is 36.7 Å². The molecule has 2 aromatic rings. The number of hydrogen-bond acceptors (Lipinski definition) is 6. The van der Waals surface area contributed by atoms with Crippen LogP contribution in [0, 0.1) is 21.4 Å². The fraction of sp³-hybridized carbons (Fsp3) is 0. The van der Waals surface area contributed by atoms with Gasteiger partial charge in [0.2, 0.25) is 5.75 Å². The molecule has 0 N–H and O–H groups in total. The van der Waals surface area contributed by atoms with Gasteiger partial charge >= 0.3 is 11.7 Å². The third-order valence-electron chi connectivity index (χ3n) is 2.03. The first-order valence-electron chi connectivity index (χ1n) is 4.84. The minimum atomic E-state index is -0.598. The van der Waals surface area contributed by atoms with Crippen molar-refractivity contribution in [1.29, 1.82) is 5.26 Å². The molecular weight excluding hydrogens is 236 g/mol. The summed E-state index contributed by atoms with van der Waals surface area (Å²) < 4.78 is 5.20. The van der Waals surface area contributed by atoms with E-state index in [0.29, 0.717) is 0 Å². The molecule has 0 radical (unpaired) electrons. The zero-order valence-corrected chi connectivity index (χ0v) is 8.98. The standard InChI is InChI=1S/C11H6N4O3/c12-7-8-2-3-9(15(16)17)10(6-8)18-11-13-4-1-5-14-11/h1-6H. The molecule has 1 aromatic carbocycles. The lowest BCUT2D eigenvalue weighted by atomic mass is 10.2. The monoisotopic (exact) mass is 242 g/mol. The number of aromatic nitrogens is 2. The van der Waals surface area contributed by atoms with Crippen LogP contribution in [0.25, 0.3) is 0 Å². The van der Waals surface area contributed by atoms with Crippen LogP contribution in [0.5, 0.6) is 11.8 Å². The number of hydrogen-bond donors (Lipinski definition) is 0. The summed E-state index contributed by atoms with van der Waals surface area (Å²) >= 11 is 0. The zero-order valence-electron chi connectivity index (χ0n) is 8.98. The fourth-order valence-electron chi connectivity index (χ4n) is 1.25. The number of ether oxygens (including phenoxy) is 1. The highest BCUT2D eigenvalue weighted by Crippen LogP contribution is 2.30. The summed E-state index contributed by atoms with van der Waals surface area (Å²) in [6, 6.07) is 7.27. The van der Waals surface area contributed by atoms with Gasteiger partial charge in [-0.3, -0.25) is 10.1 Å². The maximum absolute atomic E-state index is 10.8. The van der Waals surface area contributed by atoms with Gasteiger partial charge in [0.05, 0.1) is 16.6 Å². The Labute approximate surface area is 101 Å². The largest absolute Gasteiger partial charge is 0.417 e. The predicted octanol–water partition coefficient (Wildman–Crippen LogP) is 2.05. The Bertz CT molecular complexity index is 622. The molecule has 88 valence electrons. The molecule has 0 aliphatic carbocycles. The summed E-state index contributed by atoms with van der Waals surface area (Å²) in [5, 5.41) is 19.6. The number of nitro groups is 1. The maximum atomic E-state index is 10.8. The highest BCUT2D eigenvalue weighted by molar-refractivity contribution is 5.52. The van der Waals surface area contributed by atoms with Crippen molar-refractivity contribution in [2.75, 3.05) is 0 Å². The predicted molar refractivity (Wildman–Crippen MR) is 59.9 cm³/mol. The van der Waals surface area contributed by atoms with Crippen LogP contribution in [0.3, 0.4) is 0 Å². The molecule has 18 heavy (non-hydrogen) atoms. The van der Waals surface area contributed by atoms with Crippen molar-refractivity contribution < 1.29 is 9.66 Å². The zero-order chi connectivity index (χ0) is 13.0. The quantitative estimate of drug-likeness (QED) is 0.602. The molecule has 2 rings (SSSR count). The highest BCUT2D eigenvalue weighted by Gasteiger charge is 2.17. The van der Waals surface area contributed by atoms with E-state index in [-0.39, 0.29) is 23.0 Å². The van der Waals surface area contributed by atoms with Gasteiger partial charge in [-0.2, -0.15) is 5.26 Å². The average Bonchev–Trinajstić information content (AvgIpc) is 2.39. The summed E-state index contributed by atoms with van der Waals surface area (Å²) in [6.45, 7) is 0. The van der Waals surface area contributed by atoms with Gasteiger partial charge in [-0.05, 0) is 12.1 Å². The van der Waals surface area contributed by atoms with Crippen molar-refractivity contribution in [2.24, 2.45) is 0 Å². The van der Waals surface area contributed by atoms with E-state index in [1.165, 1.54) is 30.6 Å². The van der Waals surface area contributed by atoms with Crippen LogP contribution in [-0.4, -0.2) is 14.9 Å². The van der Waals surface area contributed by atoms with Gasteiger partial charge in [0.25, 0.3) is 0 Å². The summed E-state index contributed by atoms with van der Waals surface area (Å²) in [5.41, 5.74) is 0.00739. The normalized spacial score (nSPS) is 9.50. The number of nitro benzene ring substituents is 1. The fourth-order valence-corrected chi connectivity index (χ4v) is 1.25. The summed E-state index contributed by atoms with van der Waals surface area (Å²) in [6.07, 6.45) is 2.89. The number of rotatable bonds is 3. The topological polar surface area (TPSA) is 102 Å². The molecule has 0 bridgehead atoms. The number of nitriles is 1. The second-order valence-corrected chi connectivity index (χ2v) is 3.18. The van der Waals surface area contributed by atoms with Gasteiger partial charge < -0.3 is 4.74 Å². The lowest BCUT2D eigenvalue weighted by Gasteiger charge is -2.03. The van der Waals surface area contributed by atoms with Crippen LogP contribution < -0.4 is 4.74 Å². The first kappa shape index (κ1) is 11.5. The molecule has 0 aliphatic rings. The first-order chi connectivity index (χ1) is 8.70. The van der Waals surface area contributed by atoms with Gasteiger partial charge in [0.1, 0.15) is 0 Å². The van der Waals surface area contributed by atoms with E-state index in [0.717, 1.165) is 0 Å².